The summed E-state index contributed by atoms with van der Waals surface area (Å²) in [6, 6.07) is 10.8. The summed E-state index contributed by atoms with van der Waals surface area (Å²) in [7, 11) is 0.287. The number of aromatic nitrogens is 7. The fourth-order valence-corrected chi connectivity index (χ4v) is 5.51. The van der Waals surface area contributed by atoms with Crippen molar-refractivity contribution in [1.82, 2.24) is 34.9 Å². The molecule has 2 atom stereocenters. The molecule has 208 valence electrons. The molecule has 0 saturated heterocycles. The Kier molecular flexibility index (Phi) is 7.36. The monoisotopic (exact) mass is 564 g/mol. The van der Waals surface area contributed by atoms with E-state index in [0.29, 0.717) is 34.1 Å². The maximum Gasteiger partial charge on any atom is 0.243 e. The lowest BCUT2D eigenvalue weighted by molar-refractivity contribution is 0.0949. The summed E-state index contributed by atoms with van der Waals surface area (Å²) in [6.45, 7) is 3.35. The van der Waals surface area contributed by atoms with Gasteiger partial charge in [0.05, 0.1) is 14.2 Å². The molecule has 0 aliphatic carbocycles. The number of para-hydroxylation sites is 2. The highest BCUT2D eigenvalue weighted by atomic mass is 32.2. The molecule has 0 fully saturated rings. The Morgan fingerprint density at radius 2 is 1.65 bits per heavy atom. The summed E-state index contributed by atoms with van der Waals surface area (Å²) < 4.78 is 48.4. The van der Waals surface area contributed by atoms with E-state index >= 15 is 0 Å². The third-order valence-electron chi connectivity index (χ3n) is 6.45. The fraction of sp³-hybridized carbons (Fsp3) is 0.269. The number of H-pyrrole nitrogens is 1. The number of aromatic amines is 1. The highest BCUT2D eigenvalue weighted by molar-refractivity contribution is 7.93. The molecule has 0 aliphatic heterocycles. The quantitative estimate of drug-likeness (QED) is 0.257. The van der Waals surface area contributed by atoms with Gasteiger partial charge in [0.2, 0.25) is 16.0 Å². The molecule has 2 N–H and O–H groups in total. The smallest absolute Gasteiger partial charge is 0.243 e. The molecule has 0 spiro atoms. The van der Waals surface area contributed by atoms with Gasteiger partial charge in [-0.15, -0.1) is 10.2 Å². The Hall–Kier alpha value is -4.56. The Morgan fingerprint density at radius 1 is 0.975 bits per heavy atom. The molecular weight excluding hydrogens is 536 g/mol. The summed E-state index contributed by atoms with van der Waals surface area (Å²) in [5.41, 5.74) is 2.48. The van der Waals surface area contributed by atoms with E-state index in [1.807, 2.05) is 25.1 Å². The normalized spacial score (nSPS) is 13.2. The minimum absolute atomic E-state index is 0.0862. The highest BCUT2D eigenvalue weighted by Gasteiger charge is 2.35. The predicted molar refractivity (Wildman–Crippen MR) is 148 cm³/mol. The lowest BCUT2D eigenvalue weighted by atomic mass is 10.1. The van der Waals surface area contributed by atoms with Crippen LogP contribution in [0.5, 0.6) is 11.5 Å². The zero-order valence-corrected chi connectivity index (χ0v) is 23.3. The van der Waals surface area contributed by atoms with Crippen molar-refractivity contribution >= 4 is 26.9 Å². The summed E-state index contributed by atoms with van der Waals surface area (Å²) in [5, 5.41) is 15.6. The molecule has 0 amide bonds. The number of sulfonamides is 1. The first-order valence-electron chi connectivity index (χ1n) is 12.2. The molecule has 0 radical (unpaired) electrons. The number of rotatable bonds is 10. The van der Waals surface area contributed by atoms with Gasteiger partial charge in [0.15, 0.2) is 11.6 Å². The summed E-state index contributed by atoms with van der Waals surface area (Å²) in [6.07, 6.45) is 4.01. The van der Waals surface area contributed by atoms with Crippen LogP contribution in [0.2, 0.25) is 0 Å². The number of nitrogens with zero attached hydrogens (tertiary/aromatic N) is 6. The highest BCUT2D eigenvalue weighted by Crippen LogP contribution is 2.39. The summed E-state index contributed by atoms with van der Waals surface area (Å²) in [4.78, 5) is 8.53. The van der Waals surface area contributed by atoms with E-state index < -0.39 is 21.4 Å². The van der Waals surface area contributed by atoms with Gasteiger partial charge in [0, 0.05) is 36.7 Å². The molecule has 5 rings (SSSR count). The van der Waals surface area contributed by atoms with Gasteiger partial charge < -0.3 is 14.2 Å². The van der Waals surface area contributed by atoms with E-state index in [2.05, 4.69) is 35.1 Å². The number of fused-ring (bicyclic) bond motifs is 1. The number of hydrogen-bond acceptors (Lipinski definition) is 10. The van der Waals surface area contributed by atoms with Crippen LogP contribution < -0.4 is 14.2 Å². The molecule has 0 bridgehead atoms. The molecule has 0 unspecified atom stereocenters. The van der Waals surface area contributed by atoms with Crippen LogP contribution in [0.3, 0.4) is 0 Å². The molecular formula is C26H28N8O5S. The molecule has 3 aromatic heterocycles. The van der Waals surface area contributed by atoms with Gasteiger partial charge in [-0.25, -0.2) is 18.4 Å². The van der Waals surface area contributed by atoms with Crippen LogP contribution >= 0.6 is 0 Å². The molecule has 0 aliphatic rings. The van der Waals surface area contributed by atoms with E-state index in [9.17, 15) is 8.42 Å². The second-order valence-electron chi connectivity index (χ2n) is 8.95. The van der Waals surface area contributed by atoms with E-state index in [1.165, 1.54) is 32.8 Å². The summed E-state index contributed by atoms with van der Waals surface area (Å²) >= 11 is 0. The standard InChI is InChI=1S/C26H28N8O5S/c1-15-12-27-24(28-13-15)23(39-5)16(2)40(35,36)33-26-32-31-25(18-9-6-8-17-14-29-30-21(17)18)34(26)22-19(37-3)10-7-11-20(22)38-4/h6-14,16,23H,1-5H3,(H,29,30)(H,32,33)/t16-,23-/m0/s1. The van der Waals surface area contributed by atoms with Crippen LogP contribution in [0.25, 0.3) is 28.0 Å². The Bertz CT molecular complexity index is 1730. The topological polar surface area (TPSA) is 159 Å². The summed E-state index contributed by atoms with van der Waals surface area (Å²) in [5.74, 6) is 1.29. The molecule has 2 aromatic carbocycles. The van der Waals surface area contributed by atoms with Gasteiger partial charge in [-0.3, -0.25) is 14.4 Å². The van der Waals surface area contributed by atoms with Crippen molar-refractivity contribution in [2.45, 2.75) is 25.2 Å². The van der Waals surface area contributed by atoms with E-state index in [1.54, 1.807) is 36.8 Å². The molecule has 14 heteroatoms. The van der Waals surface area contributed by atoms with Crippen molar-refractivity contribution in [2.24, 2.45) is 0 Å². The lowest BCUT2D eigenvalue weighted by Gasteiger charge is -2.23. The largest absolute Gasteiger partial charge is 0.494 e. The van der Waals surface area contributed by atoms with Crippen LogP contribution in [0.1, 0.15) is 24.4 Å². The van der Waals surface area contributed by atoms with Crippen LogP contribution in [-0.2, 0) is 14.8 Å². The van der Waals surface area contributed by atoms with Crippen LogP contribution in [0.15, 0.2) is 55.0 Å². The van der Waals surface area contributed by atoms with Crippen LogP contribution in [0.4, 0.5) is 5.95 Å². The first kappa shape index (κ1) is 27.0. The average molecular weight is 565 g/mol. The molecule has 3 heterocycles. The maximum absolute atomic E-state index is 13.7. The number of nitrogens with one attached hydrogen (secondary N) is 2. The van der Waals surface area contributed by atoms with Crippen molar-refractivity contribution in [2.75, 3.05) is 26.1 Å². The Morgan fingerprint density at radius 3 is 2.30 bits per heavy atom. The minimum atomic E-state index is -4.13. The van der Waals surface area contributed by atoms with Crippen molar-refractivity contribution in [3.63, 3.8) is 0 Å². The third kappa shape index (κ3) is 4.82. The lowest BCUT2D eigenvalue weighted by Crippen LogP contribution is -2.33. The first-order valence-corrected chi connectivity index (χ1v) is 13.8. The van der Waals surface area contributed by atoms with Gasteiger partial charge in [-0.1, -0.05) is 18.2 Å². The van der Waals surface area contributed by atoms with E-state index in [4.69, 9.17) is 14.2 Å². The second kappa shape index (κ2) is 10.9. The number of hydrogen-bond donors (Lipinski definition) is 2. The first-order chi connectivity index (χ1) is 19.3. The van der Waals surface area contributed by atoms with Crippen LogP contribution in [0, 0.1) is 6.92 Å². The van der Waals surface area contributed by atoms with Crippen molar-refractivity contribution in [1.29, 1.82) is 0 Å². The van der Waals surface area contributed by atoms with E-state index in [-0.39, 0.29) is 11.8 Å². The van der Waals surface area contributed by atoms with Crippen molar-refractivity contribution < 1.29 is 22.6 Å². The Balaban J connectivity index is 1.66. The van der Waals surface area contributed by atoms with Crippen molar-refractivity contribution in [3.8, 4) is 28.6 Å². The van der Waals surface area contributed by atoms with Gasteiger partial charge in [-0.2, -0.15) is 5.10 Å². The van der Waals surface area contributed by atoms with Gasteiger partial charge >= 0.3 is 0 Å². The number of aryl methyl sites for hydroxylation is 1. The van der Waals surface area contributed by atoms with Gasteiger partial charge in [-0.05, 0) is 37.6 Å². The zero-order valence-electron chi connectivity index (χ0n) is 22.5. The molecule has 5 aromatic rings. The van der Waals surface area contributed by atoms with Crippen molar-refractivity contribution in [3.05, 3.63) is 66.4 Å². The van der Waals surface area contributed by atoms with Crippen LogP contribution in [-0.4, -0.2) is 69.9 Å². The number of anilines is 1. The average Bonchev–Trinajstić information content (AvgIpc) is 3.60. The zero-order chi connectivity index (χ0) is 28.4. The number of benzene rings is 2. The number of methoxy groups -OCH3 is 3. The second-order valence-corrected chi connectivity index (χ2v) is 11.0. The maximum atomic E-state index is 13.7. The third-order valence-corrected chi connectivity index (χ3v) is 8.14. The molecule has 40 heavy (non-hydrogen) atoms. The molecule has 13 nitrogen and oxygen atoms in total. The number of ether oxygens (including phenoxy) is 3. The Labute approximate surface area is 230 Å². The predicted octanol–water partition coefficient (Wildman–Crippen LogP) is 3.44. The minimum Gasteiger partial charge on any atom is -0.494 e. The SMILES string of the molecule is COc1cccc(OC)c1-n1c(NS(=O)(=O)[C@@H](C)[C@H](OC)c2ncc(C)cn2)nnc1-c1cccc2c[nH]nc12. The molecule has 0 saturated carbocycles. The van der Waals surface area contributed by atoms with E-state index in [0.717, 1.165) is 10.9 Å². The van der Waals surface area contributed by atoms with Gasteiger partial charge in [0.25, 0.3) is 0 Å². The van der Waals surface area contributed by atoms with Gasteiger partial charge in [0.1, 0.15) is 34.1 Å². The fourth-order valence-electron chi connectivity index (χ4n) is 4.38.